The number of methoxy groups -OCH3 is 1. The lowest BCUT2D eigenvalue weighted by Crippen LogP contribution is -2.02. The number of nitrogens with one attached hydrogen (secondary N) is 1. The van der Waals surface area contributed by atoms with Crippen molar-refractivity contribution in [3.63, 3.8) is 0 Å². The molecule has 0 fully saturated rings. The number of halogens is 1. The van der Waals surface area contributed by atoms with Gasteiger partial charge in [0.25, 0.3) is 0 Å². The number of para-hydroxylation sites is 1. The molecule has 2 nitrogen and oxygen atoms in total. The predicted octanol–water partition coefficient (Wildman–Crippen LogP) is 4.22. The summed E-state index contributed by atoms with van der Waals surface area (Å²) < 4.78 is 6.60. The average Bonchev–Trinajstić information content (AvgIpc) is 2.38. The zero-order chi connectivity index (χ0) is 13.0. The van der Waals surface area contributed by atoms with E-state index in [1.54, 1.807) is 7.11 Å². The largest absolute Gasteiger partial charge is 0.496 e. The molecule has 0 spiro atoms. The Morgan fingerprint density at radius 1 is 1.17 bits per heavy atom. The summed E-state index contributed by atoms with van der Waals surface area (Å²) in [7, 11) is 1.70. The topological polar surface area (TPSA) is 21.3 Å². The minimum absolute atomic E-state index is 0.769. The van der Waals surface area contributed by atoms with Gasteiger partial charge in [-0.2, -0.15) is 0 Å². The van der Waals surface area contributed by atoms with Gasteiger partial charge >= 0.3 is 0 Å². The van der Waals surface area contributed by atoms with Crippen LogP contribution in [0.3, 0.4) is 0 Å². The maximum atomic E-state index is 5.34. The third-order valence-corrected chi connectivity index (χ3v) is 3.52. The first-order chi connectivity index (χ1) is 8.70. The summed E-state index contributed by atoms with van der Waals surface area (Å²) in [5, 5.41) is 3.45. The first kappa shape index (κ1) is 13.2. The molecule has 0 atom stereocenters. The van der Waals surface area contributed by atoms with Crippen LogP contribution in [0.4, 0.5) is 5.69 Å². The van der Waals surface area contributed by atoms with Crippen LogP contribution in [0.25, 0.3) is 0 Å². The molecule has 1 N–H and O–H groups in total. The van der Waals surface area contributed by atoms with Gasteiger partial charge in [-0.15, -0.1) is 0 Å². The van der Waals surface area contributed by atoms with E-state index in [-0.39, 0.29) is 0 Å². The van der Waals surface area contributed by atoms with E-state index >= 15 is 0 Å². The van der Waals surface area contributed by atoms with E-state index in [4.69, 9.17) is 4.74 Å². The van der Waals surface area contributed by atoms with Crippen LogP contribution in [0.5, 0.6) is 5.75 Å². The van der Waals surface area contributed by atoms with Crippen LogP contribution >= 0.6 is 22.6 Å². The fourth-order valence-electron chi connectivity index (χ4n) is 1.86. The molecule has 0 radical (unpaired) electrons. The maximum absolute atomic E-state index is 5.34. The van der Waals surface area contributed by atoms with Gasteiger partial charge < -0.3 is 10.1 Å². The van der Waals surface area contributed by atoms with Crippen molar-refractivity contribution in [1.82, 2.24) is 0 Å². The third kappa shape index (κ3) is 3.16. The van der Waals surface area contributed by atoms with Gasteiger partial charge in [0.15, 0.2) is 0 Å². The third-order valence-electron chi connectivity index (χ3n) is 2.85. The first-order valence-corrected chi connectivity index (χ1v) is 6.90. The molecule has 0 aromatic heterocycles. The van der Waals surface area contributed by atoms with E-state index < -0.39 is 0 Å². The number of anilines is 1. The number of aryl methyl sites for hydroxylation is 1. The van der Waals surface area contributed by atoms with Crippen LogP contribution in [0.1, 0.15) is 11.1 Å². The van der Waals surface area contributed by atoms with Crippen molar-refractivity contribution in [2.24, 2.45) is 0 Å². The molecule has 2 aromatic rings. The minimum Gasteiger partial charge on any atom is -0.496 e. The second kappa shape index (κ2) is 6.09. The highest BCUT2D eigenvalue weighted by molar-refractivity contribution is 14.1. The second-order valence-electron chi connectivity index (χ2n) is 4.12. The van der Waals surface area contributed by atoms with Gasteiger partial charge in [0.2, 0.25) is 0 Å². The lowest BCUT2D eigenvalue weighted by Gasteiger charge is -2.12. The first-order valence-electron chi connectivity index (χ1n) is 5.82. The smallest absolute Gasteiger partial charge is 0.123 e. The highest BCUT2D eigenvalue weighted by Crippen LogP contribution is 2.21. The van der Waals surface area contributed by atoms with Gasteiger partial charge in [-0.25, -0.2) is 0 Å². The van der Waals surface area contributed by atoms with Gasteiger partial charge in [0.05, 0.1) is 7.11 Å². The van der Waals surface area contributed by atoms with Crippen molar-refractivity contribution in [1.29, 1.82) is 0 Å². The van der Waals surface area contributed by atoms with Crippen molar-refractivity contribution in [2.45, 2.75) is 13.5 Å². The van der Waals surface area contributed by atoms with Crippen LogP contribution in [-0.4, -0.2) is 7.11 Å². The molecule has 2 aromatic carbocycles. The van der Waals surface area contributed by atoms with E-state index in [1.807, 2.05) is 18.2 Å². The summed E-state index contributed by atoms with van der Waals surface area (Å²) in [6, 6.07) is 14.5. The van der Waals surface area contributed by atoms with Gasteiger partial charge in [0, 0.05) is 21.4 Å². The molecule has 0 unspecified atom stereocenters. The van der Waals surface area contributed by atoms with Gasteiger partial charge in [-0.3, -0.25) is 0 Å². The Bertz CT molecular complexity index is 540. The second-order valence-corrected chi connectivity index (χ2v) is 5.37. The normalized spacial score (nSPS) is 10.2. The maximum Gasteiger partial charge on any atom is 0.123 e. The molecule has 3 heteroatoms. The van der Waals surface area contributed by atoms with E-state index in [2.05, 4.69) is 59.1 Å². The van der Waals surface area contributed by atoms with E-state index in [0.29, 0.717) is 0 Å². The van der Waals surface area contributed by atoms with Crippen LogP contribution in [0.15, 0.2) is 42.5 Å². The van der Waals surface area contributed by atoms with Crippen molar-refractivity contribution < 1.29 is 4.74 Å². The Morgan fingerprint density at radius 2 is 1.94 bits per heavy atom. The number of hydrogen-bond acceptors (Lipinski definition) is 2. The number of rotatable bonds is 4. The Labute approximate surface area is 122 Å². The Morgan fingerprint density at radius 3 is 2.67 bits per heavy atom. The predicted molar refractivity (Wildman–Crippen MR) is 84.2 cm³/mol. The molecule has 0 bridgehead atoms. The lowest BCUT2D eigenvalue weighted by molar-refractivity contribution is 0.410. The lowest BCUT2D eigenvalue weighted by atomic mass is 10.1. The van der Waals surface area contributed by atoms with Gasteiger partial charge in [0.1, 0.15) is 5.75 Å². The molecule has 18 heavy (non-hydrogen) atoms. The highest BCUT2D eigenvalue weighted by Gasteiger charge is 2.03. The standard InChI is InChI=1S/C15H16INO/c1-11-9-13(16)7-8-14(11)17-10-12-5-3-4-6-15(12)18-2/h3-9,17H,10H2,1-2H3. The molecule has 0 saturated heterocycles. The van der Waals surface area contributed by atoms with E-state index in [1.165, 1.54) is 14.8 Å². The Kier molecular flexibility index (Phi) is 4.47. The van der Waals surface area contributed by atoms with Crippen LogP contribution in [-0.2, 0) is 6.54 Å². The Balaban J connectivity index is 2.11. The summed E-state index contributed by atoms with van der Waals surface area (Å²) in [5.41, 5.74) is 3.59. The average molecular weight is 353 g/mol. The molecular weight excluding hydrogens is 337 g/mol. The molecular formula is C15H16INO. The molecule has 0 saturated carbocycles. The van der Waals surface area contributed by atoms with E-state index in [9.17, 15) is 0 Å². The van der Waals surface area contributed by atoms with Gasteiger partial charge in [-0.05, 0) is 59.3 Å². The molecule has 2 rings (SSSR count). The minimum atomic E-state index is 0.769. The fourth-order valence-corrected chi connectivity index (χ4v) is 2.51. The van der Waals surface area contributed by atoms with Crippen molar-refractivity contribution >= 4 is 28.3 Å². The van der Waals surface area contributed by atoms with Crippen molar-refractivity contribution in [2.75, 3.05) is 12.4 Å². The van der Waals surface area contributed by atoms with Crippen LogP contribution in [0.2, 0.25) is 0 Å². The van der Waals surface area contributed by atoms with Gasteiger partial charge in [-0.1, -0.05) is 18.2 Å². The summed E-state index contributed by atoms with van der Waals surface area (Å²) in [6.07, 6.45) is 0. The number of benzene rings is 2. The SMILES string of the molecule is COc1ccccc1CNc1ccc(I)cc1C. The fraction of sp³-hybridized carbons (Fsp3) is 0.200. The summed E-state index contributed by atoms with van der Waals surface area (Å²) in [5.74, 6) is 0.924. The van der Waals surface area contributed by atoms with Crippen molar-refractivity contribution in [3.05, 3.63) is 57.2 Å². The zero-order valence-corrected chi connectivity index (χ0v) is 12.7. The molecule has 0 heterocycles. The van der Waals surface area contributed by atoms with E-state index in [0.717, 1.165) is 17.9 Å². The van der Waals surface area contributed by atoms with Crippen LogP contribution in [0, 0.1) is 10.5 Å². The summed E-state index contributed by atoms with van der Waals surface area (Å²) in [4.78, 5) is 0. The molecule has 0 aliphatic rings. The monoisotopic (exact) mass is 353 g/mol. The molecule has 0 amide bonds. The summed E-state index contributed by atoms with van der Waals surface area (Å²) >= 11 is 2.33. The molecule has 0 aliphatic carbocycles. The van der Waals surface area contributed by atoms with Crippen molar-refractivity contribution in [3.8, 4) is 5.75 Å². The summed E-state index contributed by atoms with van der Waals surface area (Å²) in [6.45, 7) is 2.89. The highest BCUT2D eigenvalue weighted by atomic mass is 127. The molecule has 94 valence electrons. The quantitative estimate of drug-likeness (QED) is 0.831. The number of ether oxygens (including phenoxy) is 1. The van der Waals surface area contributed by atoms with Crippen LogP contribution < -0.4 is 10.1 Å². The zero-order valence-electron chi connectivity index (χ0n) is 10.5. The molecule has 0 aliphatic heterocycles. The number of hydrogen-bond donors (Lipinski definition) is 1. The Hall–Kier alpha value is -1.23.